The van der Waals surface area contributed by atoms with E-state index >= 15 is 0 Å². The van der Waals surface area contributed by atoms with Gasteiger partial charge in [-0.2, -0.15) is 0 Å². The van der Waals surface area contributed by atoms with E-state index in [4.69, 9.17) is 5.73 Å². The molecule has 7 heavy (non-hydrogen) atoms. The van der Waals surface area contributed by atoms with Gasteiger partial charge in [0.05, 0.1) is 0 Å². The third kappa shape index (κ3) is 0.952. The van der Waals surface area contributed by atoms with Gasteiger partial charge in [0.1, 0.15) is 0 Å². The average Bonchev–Trinajstić information content (AvgIpc) is 1.87. The molecule has 0 aromatic heterocycles. The minimum absolute atomic E-state index is 0.736. The lowest BCUT2D eigenvalue weighted by molar-refractivity contribution is 0.697. The first-order valence-corrected chi connectivity index (χ1v) is 2.75. The maximum Gasteiger partial charge on any atom is 0.00428 e. The maximum atomic E-state index is 5.49. The van der Waals surface area contributed by atoms with Crippen LogP contribution in [0.2, 0.25) is 0 Å². The molecule has 1 aliphatic carbocycles. The van der Waals surface area contributed by atoms with Gasteiger partial charge in [-0.15, -0.1) is 0 Å². The lowest BCUT2D eigenvalue weighted by Crippen LogP contribution is -1.89. The van der Waals surface area contributed by atoms with Crippen molar-refractivity contribution >= 4 is 0 Å². The van der Waals surface area contributed by atoms with Gasteiger partial charge in [-0.25, -0.2) is 0 Å². The van der Waals surface area contributed by atoms with E-state index in [9.17, 15) is 0 Å². The fourth-order valence-corrected chi connectivity index (χ4v) is 0.926. The molecular formula is C6H11N. The van der Waals surface area contributed by atoms with Crippen molar-refractivity contribution in [1.29, 1.82) is 0 Å². The van der Waals surface area contributed by atoms with Crippen LogP contribution in [0.1, 0.15) is 19.8 Å². The normalized spacial score (nSPS) is 30.4. The number of nitrogens with two attached hydrogens (primary N) is 1. The van der Waals surface area contributed by atoms with Crippen LogP contribution in [0.4, 0.5) is 0 Å². The Balaban J connectivity index is 2.50. The van der Waals surface area contributed by atoms with Crippen LogP contribution in [0.3, 0.4) is 0 Å². The lowest BCUT2D eigenvalue weighted by Gasteiger charge is -1.88. The smallest absolute Gasteiger partial charge is 0.00428 e. The fraction of sp³-hybridized carbons (Fsp3) is 0.667. The highest BCUT2D eigenvalue weighted by atomic mass is 14.6. The Morgan fingerprint density at radius 2 is 2.57 bits per heavy atom. The first-order chi connectivity index (χ1) is 3.29. The zero-order valence-electron chi connectivity index (χ0n) is 4.65. The zero-order chi connectivity index (χ0) is 5.28. The molecule has 0 saturated heterocycles. The summed E-state index contributed by atoms with van der Waals surface area (Å²) in [4.78, 5) is 0. The largest absolute Gasteiger partial charge is 0.402 e. The molecule has 1 rings (SSSR count). The Bertz CT molecular complexity index is 94.4. The highest BCUT2D eigenvalue weighted by molar-refractivity contribution is 5.05. The molecule has 0 radical (unpaired) electrons. The fourth-order valence-electron chi connectivity index (χ4n) is 0.926. The summed E-state index contributed by atoms with van der Waals surface area (Å²) < 4.78 is 0. The molecule has 0 bridgehead atoms. The van der Waals surface area contributed by atoms with Gasteiger partial charge in [-0.1, -0.05) is 13.0 Å². The molecule has 40 valence electrons. The quantitative estimate of drug-likeness (QED) is 0.484. The summed E-state index contributed by atoms with van der Waals surface area (Å²) in [7, 11) is 0. The Morgan fingerprint density at radius 3 is 2.71 bits per heavy atom. The van der Waals surface area contributed by atoms with Crippen LogP contribution in [-0.4, -0.2) is 0 Å². The van der Waals surface area contributed by atoms with Crippen LogP contribution in [-0.2, 0) is 0 Å². The van der Waals surface area contributed by atoms with Crippen molar-refractivity contribution in [3.8, 4) is 0 Å². The summed E-state index contributed by atoms with van der Waals surface area (Å²) in [5.41, 5.74) is 6.56. The van der Waals surface area contributed by atoms with Crippen LogP contribution in [0.15, 0.2) is 11.8 Å². The van der Waals surface area contributed by atoms with Crippen molar-refractivity contribution in [2.24, 2.45) is 11.7 Å². The summed E-state index contributed by atoms with van der Waals surface area (Å²) in [5, 5.41) is 0. The SMILES string of the molecule is C[C@H]1C=C(N)CC1. The Hall–Kier alpha value is -0.460. The summed E-state index contributed by atoms with van der Waals surface area (Å²) in [6, 6.07) is 0. The summed E-state index contributed by atoms with van der Waals surface area (Å²) in [6.45, 7) is 2.19. The van der Waals surface area contributed by atoms with Crippen molar-refractivity contribution in [2.75, 3.05) is 0 Å². The van der Waals surface area contributed by atoms with Crippen molar-refractivity contribution in [2.45, 2.75) is 19.8 Å². The van der Waals surface area contributed by atoms with Gasteiger partial charge in [-0.3, -0.25) is 0 Å². The summed E-state index contributed by atoms with van der Waals surface area (Å²) in [6.07, 6.45) is 4.51. The predicted molar refractivity (Wildman–Crippen MR) is 30.7 cm³/mol. The van der Waals surface area contributed by atoms with E-state index in [1.54, 1.807) is 0 Å². The first-order valence-electron chi connectivity index (χ1n) is 2.75. The molecule has 2 N–H and O–H groups in total. The second-order valence-electron chi connectivity index (χ2n) is 2.26. The summed E-state index contributed by atoms with van der Waals surface area (Å²) >= 11 is 0. The lowest BCUT2D eigenvalue weighted by atomic mass is 10.2. The minimum atomic E-state index is 0.736. The molecule has 1 atom stereocenters. The molecule has 1 nitrogen and oxygen atoms in total. The molecule has 0 aromatic rings. The van der Waals surface area contributed by atoms with E-state index in [2.05, 4.69) is 13.0 Å². The van der Waals surface area contributed by atoms with E-state index in [0.717, 1.165) is 18.0 Å². The van der Waals surface area contributed by atoms with E-state index in [1.807, 2.05) is 0 Å². The van der Waals surface area contributed by atoms with Gasteiger partial charge in [-0.05, 0) is 18.8 Å². The molecule has 0 aliphatic heterocycles. The molecule has 0 heterocycles. The molecule has 1 aliphatic rings. The molecule has 0 unspecified atom stereocenters. The van der Waals surface area contributed by atoms with Crippen LogP contribution >= 0.6 is 0 Å². The van der Waals surface area contributed by atoms with Gasteiger partial charge in [0.15, 0.2) is 0 Å². The van der Waals surface area contributed by atoms with Gasteiger partial charge >= 0.3 is 0 Å². The van der Waals surface area contributed by atoms with Crippen molar-refractivity contribution in [3.63, 3.8) is 0 Å². The standard InChI is InChI=1S/C6H11N/c1-5-2-3-6(7)4-5/h4-5H,2-3,7H2,1H3/t5-/m1/s1. The van der Waals surface area contributed by atoms with Gasteiger partial charge in [0, 0.05) is 5.70 Å². The van der Waals surface area contributed by atoms with Crippen LogP contribution in [0.25, 0.3) is 0 Å². The third-order valence-corrected chi connectivity index (χ3v) is 1.39. The van der Waals surface area contributed by atoms with Gasteiger partial charge in [0.25, 0.3) is 0 Å². The maximum absolute atomic E-state index is 5.49. The van der Waals surface area contributed by atoms with Crippen molar-refractivity contribution < 1.29 is 0 Å². The van der Waals surface area contributed by atoms with E-state index in [-0.39, 0.29) is 0 Å². The van der Waals surface area contributed by atoms with Crippen LogP contribution in [0, 0.1) is 5.92 Å². The first kappa shape index (κ1) is 4.69. The summed E-state index contributed by atoms with van der Waals surface area (Å²) in [5.74, 6) is 0.736. The molecule has 0 fully saturated rings. The minimum Gasteiger partial charge on any atom is -0.402 e. The number of allylic oxidation sites excluding steroid dienone is 2. The second-order valence-corrected chi connectivity index (χ2v) is 2.26. The molecular weight excluding hydrogens is 86.1 g/mol. The second kappa shape index (κ2) is 1.57. The highest BCUT2D eigenvalue weighted by Crippen LogP contribution is 2.18. The molecule has 0 aromatic carbocycles. The van der Waals surface area contributed by atoms with Crippen LogP contribution < -0.4 is 5.73 Å². The monoisotopic (exact) mass is 97.1 g/mol. The molecule has 0 saturated carbocycles. The Kier molecular flexibility index (Phi) is 1.05. The van der Waals surface area contributed by atoms with Crippen molar-refractivity contribution in [3.05, 3.63) is 11.8 Å². The Morgan fingerprint density at radius 1 is 1.86 bits per heavy atom. The molecule has 1 heteroatoms. The van der Waals surface area contributed by atoms with E-state index < -0.39 is 0 Å². The number of hydrogen-bond acceptors (Lipinski definition) is 1. The van der Waals surface area contributed by atoms with E-state index in [1.165, 1.54) is 6.42 Å². The zero-order valence-corrected chi connectivity index (χ0v) is 4.65. The van der Waals surface area contributed by atoms with Crippen LogP contribution in [0.5, 0.6) is 0 Å². The predicted octanol–water partition coefficient (Wildman–Crippen LogP) is 1.26. The van der Waals surface area contributed by atoms with Gasteiger partial charge < -0.3 is 5.73 Å². The Labute approximate surface area is 44.2 Å². The molecule has 0 spiro atoms. The van der Waals surface area contributed by atoms with Gasteiger partial charge in [0.2, 0.25) is 0 Å². The highest BCUT2D eigenvalue weighted by Gasteiger charge is 2.06. The molecule has 0 amide bonds. The van der Waals surface area contributed by atoms with Crippen molar-refractivity contribution in [1.82, 2.24) is 0 Å². The number of rotatable bonds is 0. The topological polar surface area (TPSA) is 26.0 Å². The number of hydrogen-bond donors (Lipinski definition) is 1. The third-order valence-electron chi connectivity index (χ3n) is 1.39. The average molecular weight is 97.2 g/mol. The van der Waals surface area contributed by atoms with E-state index in [0.29, 0.717) is 0 Å².